The van der Waals surface area contributed by atoms with E-state index in [4.69, 9.17) is 0 Å². The second-order valence-corrected chi connectivity index (χ2v) is 5.74. The molecule has 2 atom stereocenters. The fourth-order valence-electron chi connectivity index (χ4n) is 3.50. The van der Waals surface area contributed by atoms with Gasteiger partial charge in [-0.2, -0.15) is 0 Å². The van der Waals surface area contributed by atoms with Crippen molar-refractivity contribution >= 4 is 5.91 Å². The SMILES string of the molecule is O=C(CN1C[C@@H]2CCN[C@@H]2C1)N1CCCCC1. The smallest absolute Gasteiger partial charge is 0.236 e. The molecule has 0 bridgehead atoms. The zero-order chi connectivity index (χ0) is 11.7. The minimum atomic E-state index is 0.352. The van der Waals surface area contributed by atoms with Gasteiger partial charge in [-0.1, -0.05) is 0 Å². The van der Waals surface area contributed by atoms with E-state index in [0.29, 0.717) is 18.5 Å². The largest absolute Gasteiger partial charge is 0.342 e. The Kier molecular flexibility index (Phi) is 3.34. The van der Waals surface area contributed by atoms with Gasteiger partial charge in [-0.15, -0.1) is 0 Å². The van der Waals surface area contributed by atoms with E-state index in [1.54, 1.807) is 0 Å². The molecule has 0 saturated carbocycles. The van der Waals surface area contributed by atoms with Gasteiger partial charge in [0.1, 0.15) is 0 Å². The van der Waals surface area contributed by atoms with E-state index >= 15 is 0 Å². The first-order valence-electron chi connectivity index (χ1n) is 7.06. The molecule has 3 aliphatic heterocycles. The average molecular weight is 237 g/mol. The Hall–Kier alpha value is -0.610. The predicted octanol–water partition coefficient (Wildman–Crippen LogP) is 0.293. The van der Waals surface area contributed by atoms with Crippen LogP contribution in [0.2, 0.25) is 0 Å². The van der Waals surface area contributed by atoms with Crippen molar-refractivity contribution in [1.82, 2.24) is 15.1 Å². The van der Waals surface area contributed by atoms with Gasteiger partial charge >= 0.3 is 0 Å². The van der Waals surface area contributed by atoms with Crippen molar-refractivity contribution in [2.24, 2.45) is 5.92 Å². The van der Waals surface area contributed by atoms with Crippen LogP contribution >= 0.6 is 0 Å². The summed E-state index contributed by atoms with van der Waals surface area (Å²) in [4.78, 5) is 16.5. The standard InChI is InChI=1S/C13H23N3O/c17-13(16-6-2-1-3-7-16)10-15-8-11-4-5-14-12(11)9-15/h11-12,14H,1-10H2/t11-,12+/m0/s1. The lowest BCUT2D eigenvalue weighted by atomic mass is 10.1. The fraction of sp³-hybridized carbons (Fsp3) is 0.923. The number of amides is 1. The summed E-state index contributed by atoms with van der Waals surface area (Å²) in [6, 6.07) is 0.657. The summed E-state index contributed by atoms with van der Waals surface area (Å²) < 4.78 is 0. The number of piperidine rings is 1. The second-order valence-electron chi connectivity index (χ2n) is 5.74. The molecule has 1 N–H and O–H groups in total. The highest BCUT2D eigenvalue weighted by molar-refractivity contribution is 5.78. The number of rotatable bonds is 2. The number of hydrogen-bond donors (Lipinski definition) is 1. The number of carbonyl (C=O) groups is 1. The third-order valence-electron chi connectivity index (χ3n) is 4.51. The van der Waals surface area contributed by atoms with Crippen LogP contribution in [0.25, 0.3) is 0 Å². The molecule has 0 aliphatic carbocycles. The summed E-state index contributed by atoms with van der Waals surface area (Å²) >= 11 is 0. The Morgan fingerprint density at radius 2 is 2.00 bits per heavy atom. The average Bonchev–Trinajstić information content (AvgIpc) is 2.90. The van der Waals surface area contributed by atoms with Crippen molar-refractivity contribution in [1.29, 1.82) is 0 Å². The van der Waals surface area contributed by atoms with Crippen molar-refractivity contribution in [3.8, 4) is 0 Å². The molecule has 3 aliphatic rings. The molecular formula is C13H23N3O. The second kappa shape index (κ2) is 4.94. The van der Waals surface area contributed by atoms with Crippen LogP contribution in [0.15, 0.2) is 0 Å². The quantitative estimate of drug-likeness (QED) is 0.750. The topological polar surface area (TPSA) is 35.6 Å². The maximum atomic E-state index is 12.1. The monoisotopic (exact) mass is 237 g/mol. The fourth-order valence-corrected chi connectivity index (χ4v) is 3.50. The first-order valence-corrected chi connectivity index (χ1v) is 7.06. The molecule has 0 spiro atoms. The van der Waals surface area contributed by atoms with Gasteiger partial charge in [-0.05, 0) is 38.1 Å². The lowest BCUT2D eigenvalue weighted by Crippen LogP contribution is -2.43. The normalized spacial score (nSPS) is 34.0. The van der Waals surface area contributed by atoms with Gasteiger partial charge in [0.15, 0.2) is 0 Å². The van der Waals surface area contributed by atoms with E-state index in [0.717, 1.165) is 32.1 Å². The van der Waals surface area contributed by atoms with Gasteiger partial charge in [0.2, 0.25) is 5.91 Å². The highest BCUT2D eigenvalue weighted by Gasteiger charge is 2.36. The van der Waals surface area contributed by atoms with Gasteiger partial charge in [0.05, 0.1) is 6.54 Å². The highest BCUT2D eigenvalue weighted by Crippen LogP contribution is 2.24. The van der Waals surface area contributed by atoms with E-state index in [9.17, 15) is 4.79 Å². The van der Waals surface area contributed by atoms with Crippen molar-refractivity contribution in [2.45, 2.75) is 31.7 Å². The third-order valence-corrected chi connectivity index (χ3v) is 4.51. The van der Waals surface area contributed by atoms with Crippen LogP contribution in [0, 0.1) is 5.92 Å². The summed E-state index contributed by atoms with van der Waals surface area (Å²) in [5.74, 6) is 1.15. The van der Waals surface area contributed by atoms with E-state index in [2.05, 4.69) is 15.1 Å². The molecule has 96 valence electrons. The summed E-state index contributed by atoms with van der Waals surface area (Å²) in [7, 11) is 0. The summed E-state index contributed by atoms with van der Waals surface area (Å²) in [5.41, 5.74) is 0. The zero-order valence-electron chi connectivity index (χ0n) is 10.5. The molecule has 3 rings (SSSR count). The molecule has 4 nitrogen and oxygen atoms in total. The van der Waals surface area contributed by atoms with E-state index in [1.807, 2.05) is 0 Å². The molecule has 3 fully saturated rings. The van der Waals surface area contributed by atoms with Gasteiger partial charge in [0, 0.05) is 32.2 Å². The van der Waals surface area contributed by atoms with Crippen LogP contribution in [-0.2, 0) is 4.79 Å². The Labute approximate surface area is 103 Å². The number of hydrogen-bond acceptors (Lipinski definition) is 3. The molecule has 17 heavy (non-hydrogen) atoms. The Bertz CT molecular complexity index is 276. The summed E-state index contributed by atoms with van der Waals surface area (Å²) in [6.45, 7) is 5.98. The minimum absolute atomic E-state index is 0.352. The lowest BCUT2D eigenvalue weighted by molar-refractivity contribution is -0.133. The summed E-state index contributed by atoms with van der Waals surface area (Å²) in [5, 5.41) is 3.53. The van der Waals surface area contributed by atoms with Crippen LogP contribution < -0.4 is 5.32 Å². The number of nitrogens with one attached hydrogen (secondary N) is 1. The van der Waals surface area contributed by atoms with Crippen molar-refractivity contribution in [3.63, 3.8) is 0 Å². The molecule has 0 aromatic rings. The molecule has 4 heteroatoms. The number of carbonyl (C=O) groups excluding carboxylic acids is 1. The molecule has 3 saturated heterocycles. The highest BCUT2D eigenvalue weighted by atomic mass is 16.2. The first kappa shape index (κ1) is 11.5. The zero-order valence-corrected chi connectivity index (χ0v) is 10.5. The van der Waals surface area contributed by atoms with Gasteiger partial charge in [-0.3, -0.25) is 9.69 Å². The molecule has 0 aromatic carbocycles. The molecular weight excluding hydrogens is 214 g/mol. The van der Waals surface area contributed by atoms with Crippen LogP contribution in [0.5, 0.6) is 0 Å². The van der Waals surface area contributed by atoms with E-state index < -0.39 is 0 Å². The third kappa shape index (κ3) is 2.47. The Morgan fingerprint density at radius 1 is 1.18 bits per heavy atom. The molecule has 0 radical (unpaired) electrons. The number of likely N-dealkylation sites (tertiary alicyclic amines) is 2. The molecule has 0 aromatic heterocycles. The van der Waals surface area contributed by atoms with Gasteiger partial charge in [0.25, 0.3) is 0 Å². The van der Waals surface area contributed by atoms with Crippen LogP contribution in [0.1, 0.15) is 25.7 Å². The van der Waals surface area contributed by atoms with Crippen LogP contribution in [-0.4, -0.2) is 61.0 Å². The molecule has 0 unspecified atom stereocenters. The van der Waals surface area contributed by atoms with Crippen molar-refractivity contribution in [2.75, 3.05) is 39.3 Å². The number of nitrogens with zero attached hydrogens (tertiary/aromatic N) is 2. The first-order chi connectivity index (χ1) is 8.33. The summed E-state index contributed by atoms with van der Waals surface area (Å²) in [6.07, 6.45) is 4.97. The maximum absolute atomic E-state index is 12.1. The Morgan fingerprint density at radius 3 is 2.76 bits per heavy atom. The molecule has 1 amide bonds. The van der Waals surface area contributed by atoms with Crippen molar-refractivity contribution in [3.05, 3.63) is 0 Å². The molecule has 3 heterocycles. The van der Waals surface area contributed by atoms with Gasteiger partial charge in [-0.25, -0.2) is 0 Å². The Balaban J connectivity index is 1.48. The van der Waals surface area contributed by atoms with E-state index in [-0.39, 0.29) is 0 Å². The van der Waals surface area contributed by atoms with Crippen LogP contribution in [0.3, 0.4) is 0 Å². The lowest BCUT2D eigenvalue weighted by Gasteiger charge is -2.28. The van der Waals surface area contributed by atoms with Crippen LogP contribution in [0.4, 0.5) is 0 Å². The minimum Gasteiger partial charge on any atom is -0.342 e. The van der Waals surface area contributed by atoms with E-state index in [1.165, 1.54) is 32.2 Å². The number of fused-ring (bicyclic) bond motifs is 1. The maximum Gasteiger partial charge on any atom is 0.236 e. The van der Waals surface area contributed by atoms with Gasteiger partial charge < -0.3 is 10.2 Å². The predicted molar refractivity (Wildman–Crippen MR) is 66.8 cm³/mol. The van der Waals surface area contributed by atoms with Crippen molar-refractivity contribution < 1.29 is 4.79 Å².